The van der Waals surface area contributed by atoms with E-state index in [1.807, 2.05) is 32.2 Å². The van der Waals surface area contributed by atoms with Crippen LogP contribution >= 0.6 is 24.0 Å². The summed E-state index contributed by atoms with van der Waals surface area (Å²) in [6.45, 7) is 6.09. The molecule has 8 heteroatoms. The van der Waals surface area contributed by atoms with Gasteiger partial charge in [-0.05, 0) is 30.9 Å². The minimum atomic E-state index is 0.745. The minimum Gasteiger partial charge on any atom is -0.307 e. The monoisotopic (exact) mass is 340 g/mol. The Bertz CT molecular complexity index is 532. The summed E-state index contributed by atoms with van der Waals surface area (Å²) in [7, 11) is 0. The van der Waals surface area contributed by atoms with Crippen LogP contribution in [0.5, 0.6) is 0 Å². The summed E-state index contributed by atoms with van der Waals surface area (Å²) in [6.07, 6.45) is 8.31. The highest BCUT2D eigenvalue weighted by Crippen LogP contribution is 2.06. The molecule has 0 fully saturated rings. The van der Waals surface area contributed by atoms with Gasteiger partial charge < -0.3 is 5.10 Å². The number of nitrogens with zero attached hydrogens (tertiary/aromatic N) is 2. The lowest BCUT2D eigenvalue weighted by atomic mass is 10.4. The molecule has 122 valence electrons. The number of rotatable bonds is 2. The van der Waals surface area contributed by atoms with Crippen molar-refractivity contribution in [2.24, 2.45) is 0 Å². The maximum atomic E-state index is 4.66. The molecule has 3 aromatic rings. The number of hydrogen-bond donors (Lipinski definition) is 4. The molecule has 0 radical (unpaired) electrons. The fourth-order valence-corrected chi connectivity index (χ4v) is 1.58. The summed E-state index contributed by atoms with van der Waals surface area (Å²) in [5, 5.41) is 19.7. The van der Waals surface area contributed by atoms with Crippen molar-refractivity contribution in [2.45, 2.75) is 32.2 Å². The SMILES string of the molecule is CC.CCc1ccn[nH]1.CSc1ccn[nH]1.S=c1cc[nH][nH]1. The van der Waals surface area contributed by atoms with Crippen LogP contribution in [0.25, 0.3) is 0 Å². The Morgan fingerprint density at radius 3 is 2.00 bits per heavy atom. The molecule has 3 aromatic heterocycles. The lowest BCUT2D eigenvalue weighted by molar-refractivity contribution is 0.975. The predicted molar refractivity (Wildman–Crippen MR) is 95.7 cm³/mol. The van der Waals surface area contributed by atoms with E-state index in [4.69, 9.17) is 0 Å². The Kier molecular flexibility index (Phi) is 13.0. The third-order valence-electron chi connectivity index (χ3n) is 2.15. The molecule has 0 aliphatic heterocycles. The zero-order valence-electron chi connectivity index (χ0n) is 13.4. The number of aryl methyl sites for hydroxylation is 1. The molecular weight excluding hydrogens is 316 g/mol. The van der Waals surface area contributed by atoms with Crippen molar-refractivity contribution in [1.29, 1.82) is 0 Å². The molecule has 0 aromatic carbocycles. The smallest absolute Gasteiger partial charge is 0.119 e. The van der Waals surface area contributed by atoms with Gasteiger partial charge in [-0.3, -0.25) is 15.3 Å². The van der Waals surface area contributed by atoms with Crippen molar-refractivity contribution >= 4 is 24.0 Å². The first-order chi connectivity index (χ1) is 10.8. The van der Waals surface area contributed by atoms with Crippen LogP contribution in [0.2, 0.25) is 0 Å². The van der Waals surface area contributed by atoms with E-state index in [9.17, 15) is 0 Å². The summed E-state index contributed by atoms with van der Waals surface area (Å²) in [5.74, 6) is 0. The molecule has 6 nitrogen and oxygen atoms in total. The van der Waals surface area contributed by atoms with E-state index < -0.39 is 0 Å². The fraction of sp³-hybridized carbons (Fsp3) is 0.357. The standard InChI is InChI=1S/C5H8N2.C4H6N2S.C3H4N2S.C2H6/c1-2-5-3-4-6-7-5;1-7-4-2-3-5-6-4;6-3-1-2-4-5-3;1-2/h3-4H,2H2,1H3,(H,6,7);2-3H,1H3,(H,5,6);1-2H,(H2,4,5,6);1-2H3. The van der Waals surface area contributed by atoms with E-state index in [1.165, 1.54) is 5.69 Å². The van der Waals surface area contributed by atoms with Gasteiger partial charge in [-0.2, -0.15) is 10.2 Å². The third-order valence-corrected chi connectivity index (χ3v) is 3.05. The molecule has 0 spiro atoms. The number of hydrogen-bond acceptors (Lipinski definition) is 4. The van der Waals surface area contributed by atoms with Gasteiger partial charge in [0, 0.05) is 24.3 Å². The van der Waals surface area contributed by atoms with Crippen LogP contribution in [0.4, 0.5) is 0 Å². The number of H-pyrrole nitrogens is 4. The number of nitrogens with one attached hydrogen (secondary N) is 4. The molecule has 4 N–H and O–H groups in total. The Morgan fingerprint density at radius 1 is 1.09 bits per heavy atom. The van der Waals surface area contributed by atoms with Crippen molar-refractivity contribution in [3.05, 3.63) is 47.1 Å². The first kappa shape index (κ1) is 20.2. The molecule has 0 saturated heterocycles. The third kappa shape index (κ3) is 10.0. The highest BCUT2D eigenvalue weighted by molar-refractivity contribution is 7.98. The Balaban J connectivity index is 0.000000285. The van der Waals surface area contributed by atoms with Crippen LogP contribution in [0.1, 0.15) is 26.5 Å². The van der Waals surface area contributed by atoms with E-state index in [0.717, 1.165) is 16.1 Å². The first-order valence-electron chi connectivity index (χ1n) is 7.00. The quantitative estimate of drug-likeness (QED) is 0.416. The minimum absolute atomic E-state index is 0.745. The summed E-state index contributed by atoms with van der Waals surface area (Å²) in [6, 6.07) is 5.69. The van der Waals surface area contributed by atoms with Crippen molar-refractivity contribution < 1.29 is 0 Å². The van der Waals surface area contributed by atoms with Gasteiger partial charge in [0.15, 0.2) is 0 Å². The number of aromatic nitrogens is 6. The van der Waals surface area contributed by atoms with E-state index >= 15 is 0 Å². The van der Waals surface area contributed by atoms with E-state index in [2.05, 4.69) is 49.7 Å². The Morgan fingerprint density at radius 2 is 1.77 bits per heavy atom. The molecule has 0 atom stereocenters. The topological polar surface area (TPSA) is 88.9 Å². The van der Waals surface area contributed by atoms with Gasteiger partial charge >= 0.3 is 0 Å². The number of aromatic amines is 4. The van der Waals surface area contributed by atoms with E-state index in [-0.39, 0.29) is 0 Å². The van der Waals surface area contributed by atoms with Gasteiger partial charge in [0.05, 0.1) is 5.03 Å². The van der Waals surface area contributed by atoms with Gasteiger partial charge in [0.1, 0.15) is 4.64 Å². The van der Waals surface area contributed by atoms with Crippen LogP contribution in [0.3, 0.4) is 0 Å². The van der Waals surface area contributed by atoms with Crippen LogP contribution in [-0.2, 0) is 6.42 Å². The van der Waals surface area contributed by atoms with Gasteiger partial charge in [0.2, 0.25) is 0 Å². The zero-order chi connectivity index (χ0) is 16.6. The van der Waals surface area contributed by atoms with Crippen molar-refractivity contribution in [3.8, 4) is 0 Å². The summed E-state index contributed by atoms with van der Waals surface area (Å²) in [4.78, 5) is 0. The molecule has 0 aliphatic rings. The molecular formula is C14H24N6S2. The lowest BCUT2D eigenvalue weighted by Gasteiger charge is -1.79. The average molecular weight is 341 g/mol. The Labute approximate surface area is 140 Å². The van der Waals surface area contributed by atoms with Gasteiger partial charge in [-0.25, -0.2) is 0 Å². The van der Waals surface area contributed by atoms with E-state index in [0.29, 0.717) is 0 Å². The molecule has 3 heterocycles. The second kappa shape index (κ2) is 14.2. The second-order valence-electron chi connectivity index (χ2n) is 3.53. The van der Waals surface area contributed by atoms with Crippen LogP contribution in [0.15, 0.2) is 41.8 Å². The molecule has 0 amide bonds. The fourth-order valence-electron chi connectivity index (χ4n) is 1.11. The molecule has 0 bridgehead atoms. The normalized spacial score (nSPS) is 8.55. The van der Waals surface area contributed by atoms with Crippen molar-refractivity contribution in [3.63, 3.8) is 0 Å². The maximum absolute atomic E-state index is 4.66. The lowest BCUT2D eigenvalue weighted by Crippen LogP contribution is -1.75. The molecule has 22 heavy (non-hydrogen) atoms. The molecule has 0 aliphatic carbocycles. The summed E-state index contributed by atoms with van der Waals surface area (Å²) >= 11 is 6.32. The van der Waals surface area contributed by atoms with Gasteiger partial charge in [-0.1, -0.05) is 33.0 Å². The maximum Gasteiger partial charge on any atom is 0.119 e. The van der Waals surface area contributed by atoms with Crippen molar-refractivity contribution in [1.82, 2.24) is 30.6 Å². The van der Waals surface area contributed by atoms with Crippen LogP contribution < -0.4 is 0 Å². The first-order valence-corrected chi connectivity index (χ1v) is 8.63. The van der Waals surface area contributed by atoms with Crippen LogP contribution in [0, 0.1) is 4.64 Å². The molecule has 3 rings (SSSR count). The highest BCUT2D eigenvalue weighted by atomic mass is 32.2. The number of thioether (sulfide) groups is 1. The highest BCUT2D eigenvalue weighted by Gasteiger charge is 1.83. The van der Waals surface area contributed by atoms with Gasteiger partial charge in [0.25, 0.3) is 0 Å². The molecule has 0 unspecified atom stereocenters. The Hall–Kier alpha value is -1.80. The second-order valence-corrected chi connectivity index (χ2v) is 4.82. The van der Waals surface area contributed by atoms with Crippen molar-refractivity contribution in [2.75, 3.05) is 6.26 Å². The van der Waals surface area contributed by atoms with Crippen LogP contribution in [-0.4, -0.2) is 36.8 Å². The van der Waals surface area contributed by atoms with E-state index in [1.54, 1.807) is 36.4 Å². The largest absolute Gasteiger partial charge is 0.307 e. The zero-order valence-corrected chi connectivity index (χ0v) is 15.0. The molecule has 0 saturated carbocycles. The summed E-state index contributed by atoms with van der Waals surface area (Å²) < 4.78 is 0.745. The summed E-state index contributed by atoms with van der Waals surface area (Å²) in [5.41, 5.74) is 1.19. The van der Waals surface area contributed by atoms with Gasteiger partial charge in [-0.15, -0.1) is 11.8 Å². The average Bonchev–Trinajstić information content (AvgIpc) is 3.33. The predicted octanol–water partition coefficient (Wildman–Crippen LogP) is 4.20.